The number of benzene rings is 1. The van der Waals surface area contributed by atoms with E-state index in [-0.39, 0.29) is 12.6 Å². The van der Waals surface area contributed by atoms with E-state index in [2.05, 4.69) is 5.32 Å². The molecule has 0 saturated carbocycles. The predicted molar refractivity (Wildman–Crippen MR) is 69.0 cm³/mol. The maximum atomic E-state index is 9.94. The molecule has 2 rings (SSSR count). The van der Waals surface area contributed by atoms with Crippen molar-refractivity contribution in [3.05, 3.63) is 23.3 Å². The number of ether oxygens (including phenoxy) is 2. The van der Waals surface area contributed by atoms with Gasteiger partial charge >= 0.3 is 0 Å². The fraction of sp³-hybridized carbons (Fsp3) is 0.538. The Morgan fingerprint density at radius 3 is 2.50 bits per heavy atom. The number of aliphatic hydroxyl groups excluding tert-OH is 1. The Morgan fingerprint density at radius 2 is 1.94 bits per heavy atom. The number of likely N-dealkylation sites (N-methyl/N-ethyl adjacent to an activating group) is 1. The van der Waals surface area contributed by atoms with Gasteiger partial charge in [0, 0.05) is 6.54 Å². The molecule has 1 aliphatic heterocycles. The summed E-state index contributed by atoms with van der Waals surface area (Å²) in [5, 5.41) is 13.0. The molecule has 0 aromatic heterocycles. The lowest BCUT2D eigenvalue weighted by molar-refractivity contribution is 0.137. The first-order valence-corrected chi connectivity index (χ1v) is 6.13. The first-order chi connectivity index (χ1) is 8.67. The van der Waals surface area contributed by atoms with Crippen molar-refractivity contribution in [2.75, 3.05) is 26.8 Å². The van der Waals surface area contributed by atoms with E-state index >= 15 is 0 Å². The maximum absolute atomic E-state index is 9.94. The molecule has 1 aromatic carbocycles. The summed E-state index contributed by atoms with van der Waals surface area (Å²) in [6, 6.07) is 3.66. The normalized spacial score (nSPS) is 17.3. The second-order valence-corrected chi connectivity index (χ2v) is 4.42. The highest BCUT2D eigenvalue weighted by atomic mass is 16.6. The van der Waals surface area contributed by atoms with Crippen LogP contribution in [-0.2, 0) is 0 Å². The van der Waals surface area contributed by atoms with Crippen molar-refractivity contribution in [3.63, 3.8) is 0 Å². The lowest BCUT2D eigenvalue weighted by Crippen LogP contribution is -2.35. The molecule has 1 aromatic rings. The summed E-state index contributed by atoms with van der Waals surface area (Å²) in [6.07, 6.45) is -0.628. The van der Waals surface area contributed by atoms with Gasteiger partial charge in [-0.3, -0.25) is 0 Å². The summed E-state index contributed by atoms with van der Waals surface area (Å²) in [5.74, 6) is 1.49. The van der Waals surface area contributed by atoms with Crippen molar-refractivity contribution in [1.29, 1.82) is 0 Å². The van der Waals surface area contributed by atoms with Crippen molar-refractivity contribution >= 4 is 0 Å². The molecule has 1 aliphatic rings. The minimum atomic E-state index is -0.628. The summed E-state index contributed by atoms with van der Waals surface area (Å²) in [4.78, 5) is 0. The van der Waals surface area contributed by atoms with Gasteiger partial charge in [-0.1, -0.05) is 0 Å². The molecule has 18 heavy (non-hydrogen) atoms. The molecule has 0 fully saturated rings. The molecule has 0 saturated heterocycles. The van der Waals surface area contributed by atoms with Gasteiger partial charge in [0.05, 0.1) is 12.1 Å². The minimum Gasteiger partial charge on any atom is -0.486 e. The van der Waals surface area contributed by atoms with Crippen molar-refractivity contribution < 1.29 is 14.6 Å². The predicted octanol–water partition coefficient (Wildman–Crippen LogP) is 0.346. The molecule has 0 radical (unpaired) electrons. The van der Waals surface area contributed by atoms with E-state index in [4.69, 9.17) is 15.2 Å². The largest absolute Gasteiger partial charge is 0.486 e. The van der Waals surface area contributed by atoms with Gasteiger partial charge in [-0.2, -0.15) is 0 Å². The van der Waals surface area contributed by atoms with Gasteiger partial charge in [-0.05, 0) is 37.2 Å². The Kier molecular flexibility index (Phi) is 4.06. The molecule has 2 unspecified atom stereocenters. The molecular formula is C13H20N2O3. The Hall–Kier alpha value is -1.30. The molecule has 2 atom stereocenters. The summed E-state index contributed by atoms with van der Waals surface area (Å²) >= 11 is 0. The van der Waals surface area contributed by atoms with E-state index in [9.17, 15) is 5.11 Å². The zero-order valence-electron chi connectivity index (χ0n) is 10.8. The molecular weight excluding hydrogens is 232 g/mol. The van der Waals surface area contributed by atoms with Gasteiger partial charge in [0.25, 0.3) is 0 Å². The lowest BCUT2D eigenvalue weighted by Gasteiger charge is -2.26. The van der Waals surface area contributed by atoms with Crippen LogP contribution in [0.1, 0.15) is 17.2 Å². The third-order valence-electron chi connectivity index (χ3n) is 3.20. The second-order valence-electron chi connectivity index (χ2n) is 4.42. The summed E-state index contributed by atoms with van der Waals surface area (Å²) in [6.45, 7) is 3.33. The van der Waals surface area contributed by atoms with Crippen LogP contribution in [0.5, 0.6) is 11.5 Å². The number of aliphatic hydroxyl groups is 1. The first-order valence-electron chi connectivity index (χ1n) is 6.13. The van der Waals surface area contributed by atoms with Gasteiger partial charge in [0.1, 0.15) is 13.2 Å². The summed E-state index contributed by atoms with van der Waals surface area (Å²) in [7, 11) is 1.81. The number of nitrogens with two attached hydrogens (primary N) is 1. The van der Waals surface area contributed by atoms with Gasteiger partial charge in [-0.25, -0.2) is 0 Å². The molecule has 5 nitrogen and oxygen atoms in total. The molecule has 5 heteroatoms. The Bertz CT molecular complexity index is 423. The van der Waals surface area contributed by atoms with Crippen molar-refractivity contribution in [2.45, 2.75) is 19.1 Å². The van der Waals surface area contributed by atoms with Gasteiger partial charge < -0.3 is 25.6 Å². The van der Waals surface area contributed by atoms with E-state index < -0.39 is 6.10 Å². The number of hydrogen-bond acceptors (Lipinski definition) is 5. The van der Waals surface area contributed by atoms with Gasteiger partial charge in [0.2, 0.25) is 0 Å². The Morgan fingerprint density at radius 1 is 1.33 bits per heavy atom. The van der Waals surface area contributed by atoms with Crippen LogP contribution >= 0.6 is 0 Å². The molecule has 4 N–H and O–H groups in total. The lowest BCUT2D eigenvalue weighted by atomic mass is 9.96. The fourth-order valence-corrected chi connectivity index (χ4v) is 2.23. The first kappa shape index (κ1) is 13.1. The van der Waals surface area contributed by atoms with Crippen LogP contribution in [0.2, 0.25) is 0 Å². The Labute approximate surface area is 107 Å². The highest BCUT2D eigenvalue weighted by molar-refractivity contribution is 5.49. The van der Waals surface area contributed by atoms with Crippen LogP contribution in [0.3, 0.4) is 0 Å². The zero-order chi connectivity index (χ0) is 13.1. The SMILES string of the molecule is CNC(c1cc2c(cc1C)OCCO2)C(O)CN. The third kappa shape index (κ3) is 2.43. The fourth-order valence-electron chi connectivity index (χ4n) is 2.23. The summed E-state index contributed by atoms with van der Waals surface area (Å²) in [5.41, 5.74) is 7.56. The van der Waals surface area contributed by atoms with E-state index in [1.807, 2.05) is 19.1 Å². The number of hydrogen-bond donors (Lipinski definition) is 3. The molecule has 0 spiro atoms. The van der Waals surface area contributed by atoms with Crippen molar-refractivity contribution in [1.82, 2.24) is 5.32 Å². The van der Waals surface area contributed by atoms with E-state index in [0.717, 1.165) is 22.6 Å². The standard InChI is InChI=1S/C13H20N2O3/c1-8-5-11-12(18-4-3-17-11)6-9(8)13(15-2)10(16)7-14/h5-6,10,13,15-16H,3-4,7,14H2,1-2H3. The highest BCUT2D eigenvalue weighted by Crippen LogP contribution is 2.35. The molecule has 1 heterocycles. The van der Waals surface area contributed by atoms with Crippen LogP contribution in [0.15, 0.2) is 12.1 Å². The van der Waals surface area contributed by atoms with Crippen LogP contribution in [0.4, 0.5) is 0 Å². The van der Waals surface area contributed by atoms with E-state index in [0.29, 0.717) is 13.2 Å². The number of fused-ring (bicyclic) bond motifs is 1. The molecule has 0 amide bonds. The van der Waals surface area contributed by atoms with E-state index in [1.165, 1.54) is 0 Å². The average molecular weight is 252 g/mol. The van der Waals surface area contributed by atoms with Gasteiger partial charge in [0.15, 0.2) is 11.5 Å². The van der Waals surface area contributed by atoms with Crippen LogP contribution in [-0.4, -0.2) is 38.0 Å². The van der Waals surface area contributed by atoms with Crippen molar-refractivity contribution in [3.8, 4) is 11.5 Å². The van der Waals surface area contributed by atoms with Crippen LogP contribution in [0.25, 0.3) is 0 Å². The maximum Gasteiger partial charge on any atom is 0.161 e. The van der Waals surface area contributed by atoms with Crippen LogP contribution < -0.4 is 20.5 Å². The molecule has 0 aliphatic carbocycles. The molecule has 100 valence electrons. The topological polar surface area (TPSA) is 76.7 Å². The third-order valence-corrected chi connectivity index (χ3v) is 3.20. The zero-order valence-corrected chi connectivity index (χ0v) is 10.8. The smallest absolute Gasteiger partial charge is 0.161 e. The quantitative estimate of drug-likeness (QED) is 0.720. The average Bonchev–Trinajstić information content (AvgIpc) is 2.39. The van der Waals surface area contributed by atoms with Crippen molar-refractivity contribution in [2.24, 2.45) is 5.73 Å². The number of rotatable bonds is 4. The van der Waals surface area contributed by atoms with Gasteiger partial charge in [-0.15, -0.1) is 0 Å². The van der Waals surface area contributed by atoms with Crippen LogP contribution in [0, 0.1) is 6.92 Å². The highest BCUT2D eigenvalue weighted by Gasteiger charge is 2.23. The number of aryl methyl sites for hydroxylation is 1. The van der Waals surface area contributed by atoms with E-state index in [1.54, 1.807) is 7.05 Å². The summed E-state index contributed by atoms with van der Waals surface area (Å²) < 4.78 is 11.1. The minimum absolute atomic E-state index is 0.203. The monoisotopic (exact) mass is 252 g/mol. The number of nitrogens with one attached hydrogen (secondary N) is 1. The Balaban J connectivity index is 2.37. The molecule has 0 bridgehead atoms. The second kappa shape index (κ2) is 5.56.